The summed E-state index contributed by atoms with van der Waals surface area (Å²) in [7, 11) is -3.72. The van der Waals surface area contributed by atoms with Crippen LogP contribution in [-0.2, 0) is 20.6 Å². The molecule has 0 bridgehead atoms. The molecular weight excluding hydrogens is 419 g/mol. The van der Waals surface area contributed by atoms with Crippen LogP contribution in [0.25, 0.3) is 0 Å². The lowest BCUT2D eigenvalue weighted by molar-refractivity contribution is -0.125. The van der Waals surface area contributed by atoms with Gasteiger partial charge in [-0.2, -0.15) is 27.4 Å². The largest absolute Gasteiger partial charge is 0.355 e. The van der Waals surface area contributed by atoms with Gasteiger partial charge in [-0.1, -0.05) is 0 Å². The third-order valence-corrected chi connectivity index (χ3v) is 8.24. The maximum Gasteiger partial charge on any atom is 0.243 e. The van der Waals surface area contributed by atoms with Crippen LogP contribution in [0.4, 0.5) is 4.39 Å². The number of thiophene rings is 1. The van der Waals surface area contributed by atoms with Crippen molar-refractivity contribution >= 4 is 39.0 Å². The number of piperidine rings is 1. The number of carbonyl (C=O) groups excluding carboxylic acids is 1. The Labute approximate surface area is 173 Å². The maximum absolute atomic E-state index is 13.1. The lowest BCUT2D eigenvalue weighted by Gasteiger charge is -2.31. The van der Waals surface area contributed by atoms with Crippen molar-refractivity contribution in [2.45, 2.75) is 23.5 Å². The molecule has 1 aliphatic heterocycles. The minimum atomic E-state index is -3.72. The minimum Gasteiger partial charge on any atom is -0.355 e. The Morgan fingerprint density at radius 2 is 2.07 bits per heavy atom. The second-order valence-electron chi connectivity index (χ2n) is 6.63. The normalized spacial score (nSPS) is 18.1. The van der Waals surface area contributed by atoms with Gasteiger partial charge in [-0.05, 0) is 59.5 Å². The number of nitrogens with zero attached hydrogens (tertiary/aromatic N) is 1. The molecule has 3 rings (SSSR count). The van der Waals surface area contributed by atoms with Crippen LogP contribution < -0.4 is 5.32 Å². The van der Waals surface area contributed by atoms with Crippen LogP contribution in [0.15, 0.2) is 46.0 Å². The molecule has 0 saturated carbocycles. The van der Waals surface area contributed by atoms with E-state index in [1.165, 1.54) is 22.0 Å². The van der Waals surface area contributed by atoms with Gasteiger partial charge in [-0.3, -0.25) is 4.79 Å². The molecule has 9 heteroatoms. The SMILES string of the molecule is O=C(NCCSCc1ccsc1)C1CCCN(S(=O)(=O)c2ccc(F)cc2)C1. The third-order valence-electron chi connectivity index (χ3n) is 4.60. The summed E-state index contributed by atoms with van der Waals surface area (Å²) >= 11 is 3.43. The first-order valence-corrected chi connectivity index (χ1v) is 12.6. The Balaban J connectivity index is 1.48. The monoisotopic (exact) mass is 442 g/mol. The van der Waals surface area contributed by atoms with Gasteiger partial charge in [0.05, 0.1) is 10.8 Å². The van der Waals surface area contributed by atoms with Crippen LogP contribution in [0.1, 0.15) is 18.4 Å². The van der Waals surface area contributed by atoms with E-state index in [1.807, 2.05) is 5.38 Å². The van der Waals surface area contributed by atoms with E-state index >= 15 is 0 Å². The molecule has 2 aromatic rings. The quantitative estimate of drug-likeness (QED) is 0.637. The van der Waals surface area contributed by atoms with Crippen molar-refractivity contribution in [1.82, 2.24) is 9.62 Å². The summed E-state index contributed by atoms with van der Waals surface area (Å²) in [5, 5.41) is 7.09. The van der Waals surface area contributed by atoms with Crippen molar-refractivity contribution in [3.8, 4) is 0 Å². The summed E-state index contributed by atoms with van der Waals surface area (Å²) in [5.74, 6) is 0.797. The Morgan fingerprint density at radius 3 is 2.79 bits per heavy atom. The van der Waals surface area contributed by atoms with Crippen LogP contribution in [0.2, 0.25) is 0 Å². The minimum absolute atomic E-state index is 0.0554. The molecule has 1 saturated heterocycles. The average Bonchev–Trinajstić information content (AvgIpc) is 3.21. The van der Waals surface area contributed by atoms with Gasteiger partial charge in [-0.15, -0.1) is 0 Å². The number of hydrogen-bond donors (Lipinski definition) is 1. The number of rotatable bonds is 8. The van der Waals surface area contributed by atoms with Gasteiger partial charge in [0.15, 0.2) is 0 Å². The summed E-state index contributed by atoms with van der Waals surface area (Å²) in [6.45, 7) is 1.10. The molecular formula is C19H23FN2O3S3. The molecule has 1 N–H and O–H groups in total. The van der Waals surface area contributed by atoms with E-state index in [2.05, 4.69) is 16.8 Å². The van der Waals surface area contributed by atoms with Crippen LogP contribution >= 0.6 is 23.1 Å². The molecule has 0 radical (unpaired) electrons. The molecule has 1 unspecified atom stereocenters. The van der Waals surface area contributed by atoms with Crippen LogP contribution in [0, 0.1) is 11.7 Å². The summed E-state index contributed by atoms with van der Waals surface area (Å²) in [5.41, 5.74) is 1.29. The fraction of sp³-hybridized carbons (Fsp3) is 0.421. The lowest BCUT2D eigenvalue weighted by Crippen LogP contribution is -2.45. The third kappa shape index (κ3) is 5.56. The summed E-state index contributed by atoms with van der Waals surface area (Å²) in [4.78, 5) is 12.5. The van der Waals surface area contributed by atoms with E-state index in [0.29, 0.717) is 25.9 Å². The number of sulfonamides is 1. The summed E-state index contributed by atoms with van der Waals surface area (Å²) in [6.07, 6.45) is 1.30. The number of hydrogen-bond acceptors (Lipinski definition) is 5. The molecule has 152 valence electrons. The van der Waals surface area contributed by atoms with Crippen molar-refractivity contribution in [2.24, 2.45) is 5.92 Å². The molecule has 1 atom stereocenters. The van der Waals surface area contributed by atoms with Gasteiger partial charge >= 0.3 is 0 Å². The van der Waals surface area contributed by atoms with Crippen molar-refractivity contribution in [2.75, 3.05) is 25.4 Å². The molecule has 5 nitrogen and oxygen atoms in total. The zero-order valence-corrected chi connectivity index (χ0v) is 17.8. The molecule has 1 amide bonds. The van der Waals surface area contributed by atoms with E-state index in [4.69, 9.17) is 0 Å². The second kappa shape index (κ2) is 9.87. The van der Waals surface area contributed by atoms with Gasteiger partial charge < -0.3 is 5.32 Å². The van der Waals surface area contributed by atoms with Crippen molar-refractivity contribution < 1.29 is 17.6 Å². The first-order chi connectivity index (χ1) is 13.5. The molecule has 1 fully saturated rings. The number of nitrogens with one attached hydrogen (secondary N) is 1. The number of thioether (sulfide) groups is 1. The highest BCUT2D eigenvalue weighted by Crippen LogP contribution is 2.24. The number of benzene rings is 1. The highest BCUT2D eigenvalue weighted by molar-refractivity contribution is 7.98. The van der Waals surface area contributed by atoms with E-state index in [0.717, 1.165) is 23.6 Å². The Hall–Kier alpha value is -1.42. The average molecular weight is 443 g/mol. The highest BCUT2D eigenvalue weighted by Gasteiger charge is 2.33. The number of halogens is 1. The van der Waals surface area contributed by atoms with Crippen molar-refractivity contribution in [1.29, 1.82) is 0 Å². The van der Waals surface area contributed by atoms with E-state index in [9.17, 15) is 17.6 Å². The van der Waals surface area contributed by atoms with E-state index < -0.39 is 15.8 Å². The molecule has 1 aromatic carbocycles. The predicted molar refractivity (Wildman–Crippen MR) is 111 cm³/mol. The Morgan fingerprint density at radius 1 is 1.29 bits per heavy atom. The predicted octanol–water partition coefficient (Wildman–Crippen LogP) is 3.34. The molecule has 2 heterocycles. The molecule has 1 aromatic heterocycles. The van der Waals surface area contributed by atoms with Gasteiger partial charge in [0.2, 0.25) is 15.9 Å². The van der Waals surface area contributed by atoms with Gasteiger partial charge in [-0.25, -0.2) is 12.8 Å². The molecule has 0 aliphatic carbocycles. The Bertz CT molecular complexity index is 870. The van der Waals surface area contributed by atoms with Crippen LogP contribution in [-0.4, -0.2) is 44.0 Å². The zero-order chi connectivity index (χ0) is 20.0. The van der Waals surface area contributed by atoms with Crippen molar-refractivity contribution in [3.05, 3.63) is 52.5 Å². The summed E-state index contributed by atoms with van der Waals surface area (Å²) < 4.78 is 39.9. The van der Waals surface area contributed by atoms with E-state index in [1.54, 1.807) is 23.1 Å². The maximum atomic E-state index is 13.1. The molecule has 0 spiro atoms. The van der Waals surface area contributed by atoms with Crippen LogP contribution in [0.5, 0.6) is 0 Å². The zero-order valence-electron chi connectivity index (χ0n) is 15.3. The molecule has 1 aliphatic rings. The standard InChI is InChI=1S/C19H23FN2O3S3/c20-17-3-5-18(6-4-17)28(24,25)22-9-1-2-16(12-22)19(23)21-8-11-27-14-15-7-10-26-13-15/h3-7,10,13,16H,1-2,8-9,11-12,14H2,(H,21,23). The smallest absolute Gasteiger partial charge is 0.243 e. The van der Waals surface area contributed by atoms with E-state index in [-0.39, 0.29) is 23.3 Å². The summed E-state index contributed by atoms with van der Waals surface area (Å²) in [6, 6.07) is 6.89. The molecule has 28 heavy (non-hydrogen) atoms. The second-order valence-corrected chi connectivity index (χ2v) is 10.5. The van der Waals surface area contributed by atoms with Gasteiger partial charge in [0.1, 0.15) is 5.82 Å². The fourth-order valence-corrected chi connectivity index (χ4v) is 6.19. The first kappa shape index (κ1) is 21.3. The van der Waals surface area contributed by atoms with Crippen LogP contribution in [0.3, 0.4) is 0 Å². The van der Waals surface area contributed by atoms with Gasteiger partial charge in [0.25, 0.3) is 0 Å². The first-order valence-electron chi connectivity index (χ1n) is 9.09. The number of amides is 1. The lowest BCUT2D eigenvalue weighted by atomic mass is 9.99. The number of carbonyl (C=O) groups is 1. The highest BCUT2D eigenvalue weighted by atomic mass is 32.2. The van der Waals surface area contributed by atoms with Crippen molar-refractivity contribution in [3.63, 3.8) is 0 Å². The fourth-order valence-electron chi connectivity index (χ4n) is 3.09. The van der Waals surface area contributed by atoms with Gasteiger partial charge in [0, 0.05) is 31.1 Å². The topological polar surface area (TPSA) is 66.5 Å². The Kier molecular flexibility index (Phi) is 7.50.